The number of carbonyl (C=O) groups is 2. The summed E-state index contributed by atoms with van der Waals surface area (Å²) in [6, 6.07) is 6.30. The first kappa shape index (κ1) is 20.7. The number of benzene rings is 1. The van der Waals surface area contributed by atoms with Gasteiger partial charge < -0.3 is 10.1 Å². The van der Waals surface area contributed by atoms with E-state index in [9.17, 15) is 14.0 Å². The van der Waals surface area contributed by atoms with Crippen molar-refractivity contribution in [1.29, 1.82) is 0 Å². The fourth-order valence-corrected chi connectivity index (χ4v) is 6.98. The number of carbonyl (C=O) groups excluding carboxylic acids is 2. The Balaban J connectivity index is 1.17. The first-order valence-corrected chi connectivity index (χ1v) is 11.7. The van der Waals surface area contributed by atoms with Crippen molar-refractivity contribution in [1.82, 2.24) is 5.32 Å². The van der Waals surface area contributed by atoms with E-state index >= 15 is 0 Å². The van der Waals surface area contributed by atoms with Gasteiger partial charge in [0, 0.05) is 16.7 Å². The standard InChI is InChI=1S/C23H30FNO3S/c1-15(23-11-16-8-17(12-23)10-18(9-16)13-23)25-21(26)14-28-22(27)6-7-29-20-4-2-19(24)3-5-20/h2-5,15-18H,6-14H2,1H3,(H,25,26)/t15-,16?,17?,18?,23?/m0/s1. The number of amides is 1. The Hall–Kier alpha value is -1.56. The van der Waals surface area contributed by atoms with Crippen molar-refractivity contribution in [2.75, 3.05) is 12.4 Å². The van der Waals surface area contributed by atoms with Crippen molar-refractivity contribution >= 4 is 23.6 Å². The molecular formula is C23H30FNO3S. The largest absolute Gasteiger partial charge is 0.456 e. The average Bonchev–Trinajstić information content (AvgIpc) is 2.67. The number of esters is 1. The quantitative estimate of drug-likeness (QED) is 0.495. The predicted molar refractivity (Wildman–Crippen MR) is 111 cm³/mol. The molecule has 4 bridgehead atoms. The molecule has 1 N–H and O–H groups in total. The lowest BCUT2D eigenvalue weighted by Gasteiger charge is -2.59. The van der Waals surface area contributed by atoms with Gasteiger partial charge in [-0.05, 0) is 92.9 Å². The molecule has 29 heavy (non-hydrogen) atoms. The summed E-state index contributed by atoms with van der Waals surface area (Å²) in [4.78, 5) is 25.2. The second-order valence-electron chi connectivity index (χ2n) is 9.28. The van der Waals surface area contributed by atoms with Crippen LogP contribution < -0.4 is 5.32 Å². The number of ether oxygens (including phenoxy) is 1. The molecule has 0 radical (unpaired) electrons. The van der Waals surface area contributed by atoms with E-state index in [1.54, 1.807) is 12.1 Å². The van der Waals surface area contributed by atoms with E-state index in [1.807, 2.05) is 0 Å². The Morgan fingerprint density at radius 3 is 2.31 bits per heavy atom. The Morgan fingerprint density at radius 1 is 1.14 bits per heavy atom. The summed E-state index contributed by atoms with van der Waals surface area (Å²) in [5.41, 5.74) is 0.250. The van der Waals surface area contributed by atoms with E-state index in [2.05, 4.69) is 12.2 Å². The minimum atomic E-state index is -0.378. The van der Waals surface area contributed by atoms with Crippen LogP contribution >= 0.6 is 11.8 Å². The normalized spacial score (nSPS) is 30.8. The van der Waals surface area contributed by atoms with Crippen LogP contribution in [0.15, 0.2) is 29.2 Å². The van der Waals surface area contributed by atoms with Crippen molar-refractivity contribution in [2.24, 2.45) is 23.2 Å². The van der Waals surface area contributed by atoms with E-state index in [0.29, 0.717) is 5.75 Å². The number of thioether (sulfide) groups is 1. The lowest BCUT2D eigenvalue weighted by Crippen LogP contribution is -2.56. The molecule has 0 heterocycles. The Labute approximate surface area is 176 Å². The van der Waals surface area contributed by atoms with E-state index in [0.717, 1.165) is 22.6 Å². The smallest absolute Gasteiger partial charge is 0.307 e. The van der Waals surface area contributed by atoms with Gasteiger partial charge in [0.1, 0.15) is 5.82 Å². The van der Waals surface area contributed by atoms with E-state index in [4.69, 9.17) is 4.74 Å². The summed E-state index contributed by atoms with van der Waals surface area (Å²) < 4.78 is 18.0. The highest BCUT2D eigenvalue weighted by molar-refractivity contribution is 7.99. The van der Waals surface area contributed by atoms with E-state index < -0.39 is 0 Å². The van der Waals surface area contributed by atoms with Gasteiger partial charge in [0.2, 0.25) is 0 Å². The maximum atomic E-state index is 12.9. The molecule has 4 aliphatic rings. The number of rotatable bonds is 8. The highest BCUT2D eigenvalue weighted by atomic mass is 32.2. The lowest BCUT2D eigenvalue weighted by atomic mass is 9.48. The van der Waals surface area contributed by atoms with Gasteiger partial charge in [-0.1, -0.05) is 0 Å². The van der Waals surface area contributed by atoms with Gasteiger partial charge in [0.15, 0.2) is 6.61 Å². The number of halogens is 1. The molecule has 1 amide bonds. The minimum absolute atomic E-state index is 0.135. The highest BCUT2D eigenvalue weighted by Gasteiger charge is 2.53. The van der Waals surface area contributed by atoms with Gasteiger partial charge in [-0.25, -0.2) is 4.39 Å². The molecule has 4 fully saturated rings. The van der Waals surface area contributed by atoms with Crippen LogP contribution in [0.4, 0.5) is 4.39 Å². The second kappa shape index (κ2) is 8.66. The Morgan fingerprint density at radius 2 is 1.72 bits per heavy atom. The van der Waals surface area contributed by atoms with Crippen molar-refractivity contribution in [3.05, 3.63) is 30.1 Å². The Kier molecular flexibility index (Phi) is 6.19. The van der Waals surface area contributed by atoms with Gasteiger partial charge in [0.25, 0.3) is 5.91 Å². The fourth-order valence-electron chi connectivity index (χ4n) is 6.15. The summed E-state index contributed by atoms with van der Waals surface area (Å²) in [7, 11) is 0. The molecule has 5 rings (SSSR count). The number of hydrogen-bond donors (Lipinski definition) is 1. The molecule has 0 saturated heterocycles. The monoisotopic (exact) mass is 419 g/mol. The van der Waals surface area contributed by atoms with Crippen LogP contribution in [0.3, 0.4) is 0 Å². The molecule has 158 valence electrons. The summed E-state index contributed by atoms with van der Waals surface area (Å²) in [5, 5.41) is 3.12. The molecule has 6 heteroatoms. The molecule has 0 aliphatic heterocycles. The molecule has 4 aliphatic carbocycles. The Bertz CT molecular complexity index is 716. The maximum absolute atomic E-state index is 12.9. The zero-order chi connectivity index (χ0) is 20.4. The van der Waals surface area contributed by atoms with Crippen LogP contribution in [0.2, 0.25) is 0 Å². The van der Waals surface area contributed by atoms with Gasteiger partial charge in [0.05, 0.1) is 6.42 Å². The molecular weight excluding hydrogens is 389 g/mol. The van der Waals surface area contributed by atoms with Crippen LogP contribution in [0.5, 0.6) is 0 Å². The molecule has 4 saturated carbocycles. The number of hydrogen-bond acceptors (Lipinski definition) is 4. The third kappa shape index (κ3) is 4.96. The van der Waals surface area contributed by atoms with Crippen molar-refractivity contribution < 1.29 is 18.7 Å². The van der Waals surface area contributed by atoms with Crippen LogP contribution in [0.1, 0.15) is 51.9 Å². The molecule has 1 atom stereocenters. The summed E-state index contributed by atoms with van der Waals surface area (Å²) in [6.45, 7) is 1.92. The molecule has 4 nitrogen and oxygen atoms in total. The van der Waals surface area contributed by atoms with Crippen LogP contribution in [-0.4, -0.2) is 30.3 Å². The van der Waals surface area contributed by atoms with Gasteiger partial charge in [-0.2, -0.15) is 0 Å². The molecule has 1 aromatic rings. The van der Waals surface area contributed by atoms with Crippen LogP contribution in [-0.2, 0) is 14.3 Å². The summed E-state index contributed by atoms with van der Waals surface area (Å²) in [6.07, 6.45) is 8.08. The highest BCUT2D eigenvalue weighted by Crippen LogP contribution is 2.61. The predicted octanol–water partition coefficient (Wildman–Crippen LogP) is 4.57. The van der Waals surface area contributed by atoms with E-state index in [-0.39, 0.29) is 42.2 Å². The average molecular weight is 420 g/mol. The zero-order valence-electron chi connectivity index (χ0n) is 17.0. The zero-order valence-corrected chi connectivity index (χ0v) is 17.8. The minimum Gasteiger partial charge on any atom is -0.456 e. The first-order chi connectivity index (χ1) is 13.9. The fraction of sp³-hybridized carbons (Fsp3) is 0.652. The van der Waals surface area contributed by atoms with Crippen molar-refractivity contribution in [3.63, 3.8) is 0 Å². The third-order valence-electron chi connectivity index (χ3n) is 7.13. The number of nitrogens with one attached hydrogen (secondary N) is 1. The third-order valence-corrected chi connectivity index (χ3v) is 8.15. The summed E-state index contributed by atoms with van der Waals surface area (Å²) >= 11 is 1.47. The SMILES string of the molecule is C[C@H](NC(=O)COC(=O)CCSc1ccc(F)cc1)C12CC3CC(CC(C3)C1)C2. The van der Waals surface area contributed by atoms with Gasteiger partial charge >= 0.3 is 5.97 Å². The summed E-state index contributed by atoms with van der Waals surface area (Å²) in [5.74, 6) is 2.22. The molecule has 0 unspecified atom stereocenters. The van der Waals surface area contributed by atoms with Crippen LogP contribution in [0, 0.1) is 29.0 Å². The lowest BCUT2D eigenvalue weighted by molar-refractivity contribution is -0.149. The maximum Gasteiger partial charge on any atom is 0.307 e. The molecule has 0 spiro atoms. The van der Waals surface area contributed by atoms with Gasteiger partial charge in [-0.3, -0.25) is 9.59 Å². The van der Waals surface area contributed by atoms with E-state index in [1.165, 1.54) is 62.4 Å². The second-order valence-corrected chi connectivity index (χ2v) is 10.5. The molecule has 0 aromatic heterocycles. The van der Waals surface area contributed by atoms with Crippen molar-refractivity contribution in [3.8, 4) is 0 Å². The van der Waals surface area contributed by atoms with Gasteiger partial charge in [-0.15, -0.1) is 11.8 Å². The topological polar surface area (TPSA) is 55.4 Å². The van der Waals surface area contributed by atoms with Crippen LogP contribution in [0.25, 0.3) is 0 Å². The molecule has 1 aromatic carbocycles. The van der Waals surface area contributed by atoms with Crippen molar-refractivity contribution in [2.45, 2.75) is 62.8 Å². The first-order valence-electron chi connectivity index (χ1n) is 10.8.